The molecule has 0 spiro atoms. The lowest BCUT2D eigenvalue weighted by Gasteiger charge is -2.16. The zero-order valence-electron chi connectivity index (χ0n) is 10.8. The van der Waals surface area contributed by atoms with E-state index >= 15 is 0 Å². The maximum absolute atomic E-state index is 9.27. The van der Waals surface area contributed by atoms with Crippen molar-refractivity contribution >= 4 is 17.2 Å². The maximum atomic E-state index is 9.27. The van der Waals surface area contributed by atoms with Crippen LogP contribution in [0.1, 0.15) is 5.56 Å². The molecule has 0 saturated heterocycles. The highest BCUT2D eigenvalue weighted by atomic mass is 16.3. The lowest BCUT2D eigenvalue weighted by Crippen LogP contribution is -2.12. The van der Waals surface area contributed by atoms with Crippen LogP contribution >= 0.6 is 0 Å². The third-order valence-corrected chi connectivity index (χ3v) is 2.65. The zero-order valence-corrected chi connectivity index (χ0v) is 10.8. The van der Waals surface area contributed by atoms with Crippen molar-refractivity contribution in [3.8, 4) is 11.8 Å². The van der Waals surface area contributed by atoms with Gasteiger partial charge in [-0.2, -0.15) is 5.26 Å². The molecule has 2 N–H and O–H groups in total. The molecular formula is C14H14N4O. The Bertz CT molecular complexity index is 614. The van der Waals surface area contributed by atoms with E-state index < -0.39 is 0 Å². The summed E-state index contributed by atoms with van der Waals surface area (Å²) >= 11 is 0. The fourth-order valence-corrected chi connectivity index (χ4v) is 1.71. The lowest BCUT2D eigenvalue weighted by atomic mass is 10.2. The van der Waals surface area contributed by atoms with Gasteiger partial charge in [-0.1, -0.05) is 0 Å². The molecule has 0 fully saturated rings. The van der Waals surface area contributed by atoms with E-state index in [-0.39, 0.29) is 5.75 Å². The van der Waals surface area contributed by atoms with Gasteiger partial charge in [-0.25, -0.2) is 4.98 Å². The summed E-state index contributed by atoms with van der Waals surface area (Å²) < 4.78 is 0. The van der Waals surface area contributed by atoms with Crippen molar-refractivity contribution in [1.82, 2.24) is 4.98 Å². The van der Waals surface area contributed by atoms with Crippen LogP contribution in [-0.2, 0) is 0 Å². The molecule has 0 aliphatic carbocycles. The Balaban J connectivity index is 2.38. The average Bonchev–Trinajstić information content (AvgIpc) is 2.41. The number of aromatic nitrogens is 1. The lowest BCUT2D eigenvalue weighted by molar-refractivity contribution is 0.475. The summed E-state index contributed by atoms with van der Waals surface area (Å²) in [6.07, 6.45) is 1.65. The molecule has 0 bridgehead atoms. The van der Waals surface area contributed by atoms with Crippen molar-refractivity contribution in [2.75, 3.05) is 24.3 Å². The summed E-state index contributed by atoms with van der Waals surface area (Å²) in [6, 6.07) is 10.5. The van der Waals surface area contributed by atoms with E-state index in [0.29, 0.717) is 11.4 Å². The molecule has 1 aromatic heterocycles. The molecule has 0 aliphatic rings. The first-order chi connectivity index (χ1) is 9.11. The van der Waals surface area contributed by atoms with Crippen LogP contribution < -0.4 is 10.2 Å². The van der Waals surface area contributed by atoms with Gasteiger partial charge in [-0.05, 0) is 30.3 Å². The minimum atomic E-state index is 0.195. The van der Waals surface area contributed by atoms with Gasteiger partial charge in [-0.3, -0.25) is 0 Å². The summed E-state index contributed by atoms with van der Waals surface area (Å²) in [5.74, 6) is 0.695. The molecule has 1 heterocycles. The summed E-state index contributed by atoms with van der Waals surface area (Å²) in [5, 5.41) is 21.6. The Kier molecular flexibility index (Phi) is 3.53. The number of phenolic OH excluding ortho intramolecular Hbond substituents is 1. The molecular weight excluding hydrogens is 240 g/mol. The maximum Gasteiger partial charge on any atom is 0.150 e. The molecule has 5 nitrogen and oxygen atoms in total. The van der Waals surface area contributed by atoms with Gasteiger partial charge in [0.2, 0.25) is 0 Å². The van der Waals surface area contributed by atoms with E-state index in [4.69, 9.17) is 0 Å². The second-order valence-electron chi connectivity index (χ2n) is 4.23. The smallest absolute Gasteiger partial charge is 0.150 e. The highest BCUT2D eigenvalue weighted by Gasteiger charge is 2.11. The van der Waals surface area contributed by atoms with Crippen LogP contribution in [0.2, 0.25) is 0 Å². The summed E-state index contributed by atoms with van der Waals surface area (Å²) in [5.41, 5.74) is 2.05. The highest BCUT2D eigenvalue weighted by Crippen LogP contribution is 2.26. The van der Waals surface area contributed by atoms with E-state index in [2.05, 4.69) is 16.4 Å². The molecule has 19 heavy (non-hydrogen) atoms. The minimum absolute atomic E-state index is 0.195. The van der Waals surface area contributed by atoms with Crippen molar-refractivity contribution in [3.63, 3.8) is 0 Å². The van der Waals surface area contributed by atoms with Crippen molar-refractivity contribution < 1.29 is 5.11 Å². The largest absolute Gasteiger partial charge is 0.508 e. The standard InChI is InChI=1S/C14H14N4O/c1-18(2)13-7-8-16-14(12(13)9-15)17-10-3-5-11(19)6-4-10/h3-8,19H,1-2H3,(H,16,17). The first kappa shape index (κ1) is 12.7. The molecule has 1 aromatic carbocycles. The topological polar surface area (TPSA) is 72.2 Å². The van der Waals surface area contributed by atoms with E-state index in [1.165, 1.54) is 0 Å². The highest BCUT2D eigenvalue weighted by molar-refractivity contribution is 5.72. The van der Waals surface area contributed by atoms with Crippen LogP contribution in [0, 0.1) is 11.3 Å². The number of benzene rings is 1. The van der Waals surface area contributed by atoms with Gasteiger partial charge >= 0.3 is 0 Å². The molecule has 0 radical (unpaired) electrons. The number of hydrogen-bond donors (Lipinski definition) is 2. The van der Waals surface area contributed by atoms with E-state index in [0.717, 1.165) is 11.4 Å². The fourth-order valence-electron chi connectivity index (χ4n) is 1.71. The zero-order chi connectivity index (χ0) is 13.8. The van der Waals surface area contributed by atoms with Gasteiger partial charge in [0.25, 0.3) is 0 Å². The third kappa shape index (κ3) is 2.75. The normalized spacial score (nSPS) is 9.74. The van der Waals surface area contributed by atoms with Crippen molar-refractivity contribution in [3.05, 3.63) is 42.1 Å². The van der Waals surface area contributed by atoms with Crippen molar-refractivity contribution in [2.45, 2.75) is 0 Å². The van der Waals surface area contributed by atoms with Crippen LogP contribution in [0.15, 0.2) is 36.5 Å². The molecule has 0 aliphatic heterocycles. The monoisotopic (exact) mass is 254 g/mol. The van der Waals surface area contributed by atoms with Crippen LogP contribution in [0.3, 0.4) is 0 Å². The number of rotatable bonds is 3. The van der Waals surface area contributed by atoms with Gasteiger partial charge in [-0.15, -0.1) is 0 Å². The van der Waals surface area contributed by atoms with E-state index in [1.54, 1.807) is 36.5 Å². The number of aromatic hydroxyl groups is 1. The van der Waals surface area contributed by atoms with Gasteiger partial charge in [0.15, 0.2) is 0 Å². The second kappa shape index (κ2) is 5.27. The predicted octanol–water partition coefficient (Wildman–Crippen LogP) is 2.47. The average molecular weight is 254 g/mol. The van der Waals surface area contributed by atoms with Gasteiger partial charge < -0.3 is 15.3 Å². The Morgan fingerprint density at radius 3 is 2.47 bits per heavy atom. The Morgan fingerprint density at radius 2 is 1.89 bits per heavy atom. The molecule has 2 aromatic rings. The number of phenols is 1. The number of pyridine rings is 1. The van der Waals surface area contributed by atoms with Gasteiger partial charge in [0.05, 0.1) is 5.69 Å². The van der Waals surface area contributed by atoms with Gasteiger partial charge in [0, 0.05) is 26.0 Å². The number of nitriles is 1. The van der Waals surface area contributed by atoms with E-state index in [1.807, 2.05) is 19.0 Å². The van der Waals surface area contributed by atoms with Crippen molar-refractivity contribution in [1.29, 1.82) is 5.26 Å². The quantitative estimate of drug-likeness (QED) is 0.823. The SMILES string of the molecule is CN(C)c1ccnc(Nc2ccc(O)cc2)c1C#N. The van der Waals surface area contributed by atoms with Crippen molar-refractivity contribution in [2.24, 2.45) is 0 Å². The summed E-state index contributed by atoms with van der Waals surface area (Å²) in [7, 11) is 3.75. The minimum Gasteiger partial charge on any atom is -0.508 e. The summed E-state index contributed by atoms with van der Waals surface area (Å²) in [6.45, 7) is 0. The van der Waals surface area contributed by atoms with E-state index in [9.17, 15) is 10.4 Å². The summed E-state index contributed by atoms with van der Waals surface area (Å²) in [4.78, 5) is 6.05. The third-order valence-electron chi connectivity index (χ3n) is 2.65. The molecule has 0 saturated carbocycles. The Hall–Kier alpha value is -2.74. The van der Waals surface area contributed by atoms with Crippen LogP contribution in [0.5, 0.6) is 5.75 Å². The number of anilines is 3. The number of nitrogens with zero attached hydrogens (tertiary/aromatic N) is 3. The Labute approximate surface area is 111 Å². The van der Waals surface area contributed by atoms with Crippen LogP contribution in [0.25, 0.3) is 0 Å². The number of hydrogen-bond acceptors (Lipinski definition) is 5. The molecule has 5 heteroatoms. The Morgan fingerprint density at radius 1 is 1.21 bits per heavy atom. The molecule has 0 atom stereocenters. The van der Waals surface area contributed by atoms with Gasteiger partial charge in [0.1, 0.15) is 23.2 Å². The molecule has 2 rings (SSSR count). The number of nitrogens with one attached hydrogen (secondary N) is 1. The van der Waals surface area contributed by atoms with Crippen LogP contribution in [0.4, 0.5) is 17.2 Å². The second-order valence-corrected chi connectivity index (χ2v) is 4.23. The fraction of sp³-hybridized carbons (Fsp3) is 0.143. The molecule has 0 amide bonds. The molecule has 96 valence electrons. The predicted molar refractivity (Wildman–Crippen MR) is 74.7 cm³/mol. The van der Waals surface area contributed by atoms with Crippen LogP contribution in [-0.4, -0.2) is 24.2 Å². The first-order valence-electron chi connectivity index (χ1n) is 5.74. The first-order valence-corrected chi connectivity index (χ1v) is 5.74. The molecule has 0 unspecified atom stereocenters.